The Kier molecular flexibility index (Phi) is 4.74. The summed E-state index contributed by atoms with van der Waals surface area (Å²) in [6.45, 7) is 6.06. The second kappa shape index (κ2) is 5.61. The van der Waals surface area contributed by atoms with Crippen molar-refractivity contribution >= 4 is 0 Å². The third-order valence-corrected chi connectivity index (χ3v) is 2.98. The topological polar surface area (TPSA) is 35.2 Å². The van der Waals surface area contributed by atoms with Gasteiger partial charge in [-0.2, -0.15) is 0 Å². The first-order chi connectivity index (χ1) is 6.22. The van der Waals surface area contributed by atoms with Gasteiger partial charge in [0.25, 0.3) is 0 Å². The second-order valence-corrected chi connectivity index (χ2v) is 4.56. The van der Waals surface area contributed by atoms with Crippen LogP contribution in [-0.2, 0) is 4.74 Å². The Morgan fingerprint density at radius 1 is 1.31 bits per heavy atom. The Bertz CT molecular complexity index is 130. The summed E-state index contributed by atoms with van der Waals surface area (Å²) < 4.78 is 5.80. The van der Waals surface area contributed by atoms with Gasteiger partial charge in [-0.05, 0) is 44.1 Å². The number of hydrogen-bond acceptors (Lipinski definition) is 2. The normalized spacial score (nSPS) is 31.6. The van der Waals surface area contributed by atoms with E-state index in [1.165, 1.54) is 25.7 Å². The zero-order valence-electron chi connectivity index (χ0n) is 8.96. The van der Waals surface area contributed by atoms with Gasteiger partial charge in [0.2, 0.25) is 0 Å². The predicted molar refractivity (Wildman–Crippen MR) is 55.6 cm³/mol. The molecule has 1 aliphatic carbocycles. The van der Waals surface area contributed by atoms with E-state index in [-0.39, 0.29) is 0 Å². The molecular formula is C11H23NO. The summed E-state index contributed by atoms with van der Waals surface area (Å²) in [6, 6.07) is 0. The molecule has 1 atom stereocenters. The first kappa shape index (κ1) is 11.0. The zero-order valence-corrected chi connectivity index (χ0v) is 8.96. The SMILES string of the molecule is CC1CCC(OCC(C)CN)CC1. The van der Waals surface area contributed by atoms with E-state index in [1.807, 2.05) is 0 Å². The van der Waals surface area contributed by atoms with E-state index < -0.39 is 0 Å². The fourth-order valence-corrected chi connectivity index (χ4v) is 1.76. The van der Waals surface area contributed by atoms with Crippen molar-refractivity contribution in [3.63, 3.8) is 0 Å². The van der Waals surface area contributed by atoms with Crippen LogP contribution in [0.1, 0.15) is 39.5 Å². The van der Waals surface area contributed by atoms with Gasteiger partial charge in [-0.15, -0.1) is 0 Å². The molecule has 0 amide bonds. The summed E-state index contributed by atoms with van der Waals surface area (Å²) in [5, 5.41) is 0. The van der Waals surface area contributed by atoms with E-state index in [4.69, 9.17) is 10.5 Å². The number of ether oxygens (including phenoxy) is 1. The van der Waals surface area contributed by atoms with E-state index in [0.29, 0.717) is 12.0 Å². The monoisotopic (exact) mass is 185 g/mol. The smallest absolute Gasteiger partial charge is 0.0575 e. The Labute approximate surface area is 81.8 Å². The summed E-state index contributed by atoms with van der Waals surface area (Å²) >= 11 is 0. The summed E-state index contributed by atoms with van der Waals surface area (Å²) in [7, 11) is 0. The minimum atomic E-state index is 0.513. The third kappa shape index (κ3) is 4.10. The van der Waals surface area contributed by atoms with Crippen LogP contribution in [-0.4, -0.2) is 19.3 Å². The molecular weight excluding hydrogens is 162 g/mol. The van der Waals surface area contributed by atoms with Crippen molar-refractivity contribution in [3.8, 4) is 0 Å². The molecule has 13 heavy (non-hydrogen) atoms. The molecule has 1 rings (SSSR count). The van der Waals surface area contributed by atoms with Crippen molar-refractivity contribution < 1.29 is 4.74 Å². The van der Waals surface area contributed by atoms with Gasteiger partial charge < -0.3 is 10.5 Å². The maximum absolute atomic E-state index is 5.80. The Morgan fingerprint density at radius 2 is 1.92 bits per heavy atom. The average Bonchev–Trinajstić information content (AvgIpc) is 2.16. The van der Waals surface area contributed by atoms with E-state index in [9.17, 15) is 0 Å². The van der Waals surface area contributed by atoms with Crippen LogP contribution in [0, 0.1) is 11.8 Å². The van der Waals surface area contributed by atoms with Gasteiger partial charge in [-0.25, -0.2) is 0 Å². The molecule has 0 heterocycles. The van der Waals surface area contributed by atoms with Gasteiger partial charge in [-0.1, -0.05) is 13.8 Å². The first-order valence-electron chi connectivity index (χ1n) is 5.54. The lowest BCUT2D eigenvalue weighted by Gasteiger charge is -2.27. The third-order valence-electron chi connectivity index (χ3n) is 2.98. The lowest BCUT2D eigenvalue weighted by Crippen LogP contribution is -2.25. The van der Waals surface area contributed by atoms with Crippen molar-refractivity contribution in [2.24, 2.45) is 17.6 Å². The molecule has 0 bridgehead atoms. The van der Waals surface area contributed by atoms with Crippen molar-refractivity contribution in [1.82, 2.24) is 0 Å². The largest absolute Gasteiger partial charge is 0.378 e. The molecule has 0 spiro atoms. The molecule has 2 heteroatoms. The van der Waals surface area contributed by atoms with Crippen LogP contribution in [0.5, 0.6) is 0 Å². The molecule has 1 unspecified atom stereocenters. The highest BCUT2D eigenvalue weighted by Gasteiger charge is 2.18. The van der Waals surface area contributed by atoms with Crippen molar-refractivity contribution in [3.05, 3.63) is 0 Å². The molecule has 0 radical (unpaired) electrons. The standard InChI is InChI=1S/C11H23NO/c1-9-3-5-11(6-4-9)13-8-10(2)7-12/h9-11H,3-8,12H2,1-2H3. The van der Waals surface area contributed by atoms with Crippen LogP contribution in [0.2, 0.25) is 0 Å². The molecule has 1 saturated carbocycles. The Balaban J connectivity index is 2.08. The molecule has 0 aromatic rings. The van der Waals surface area contributed by atoms with Crippen LogP contribution in [0.15, 0.2) is 0 Å². The van der Waals surface area contributed by atoms with Crippen LogP contribution >= 0.6 is 0 Å². The van der Waals surface area contributed by atoms with Gasteiger partial charge >= 0.3 is 0 Å². The predicted octanol–water partition coefficient (Wildman–Crippen LogP) is 2.18. The van der Waals surface area contributed by atoms with Crippen LogP contribution in [0.4, 0.5) is 0 Å². The highest BCUT2D eigenvalue weighted by atomic mass is 16.5. The van der Waals surface area contributed by atoms with Crippen LogP contribution in [0.25, 0.3) is 0 Å². The van der Waals surface area contributed by atoms with E-state index >= 15 is 0 Å². The lowest BCUT2D eigenvalue weighted by atomic mass is 9.89. The van der Waals surface area contributed by atoms with Gasteiger partial charge in [0, 0.05) is 0 Å². The maximum Gasteiger partial charge on any atom is 0.0575 e. The van der Waals surface area contributed by atoms with E-state index in [0.717, 1.165) is 19.1 Å². The van der Waals surface area contributed by atoms with Crippen molar-refractivity contribution in [2.45, 2.75) is 45.6 Å². The van der Waals surface area contributed by atoms with Crippen molar-refractivity contribution in [2.75, 3.05) is 13.2 Å². The number of nitrogens with two attached hydrogens (primary N) is 1. The summed E-state index contributed by atoms with van der Waals surface area (Å²) in [6.07, 6.45) is 5.69. The fraction of sp³-hybridized carbons (Fsp3) is 1.00. The molecule has 0 saturated heterocycles. The first-order valence-corrected chi connectivity index (χ1v) is 5.54. The minimum Gasteiger partial charge on any atom is -0.378 e. The fourth-order valence-electron chi connectivity index (χ4n) is 1.76. The number of rotatable bonds is 4. The molecule has 78 valence electrons. The average molecular weight is 185 g/mol. The highest BCUT2D eigenvalue weighted by Crippen LogP contribution is 2.25. The van der Waals surface area contributed by atoms with Gasteiger partial charge in [0.1, 0.15) is 0 Å². The van der Waals surface area contributed by atoms with E-state index in [2.05, 4.69) is 13.8 Å². The molecule has 1 fully saturated rings. The van der Waals surface area contributed by atoms with Gasteiger partial charge in [0.05, 0.1) is 12.7 Å². The number of hydrogen-bond donors (Lipinski definition) is 1. The van der Waals surface area contributed by atoms with Gasteiger partial charge in [0.15, 0.2) is 0 Å². The second-order valence-electron chi connectivity index (χ2n) is 4.56. The van der Waals surface area contributed by atoms with Crippen LogP contribution in [0.3, 0.4) is 0 Å². The molecule has 0 aromatic heterocycles. The quantitative estimate of drug-likeness (QED) is 0.728. The Hall–Kier alpha value is -0.0800. The molecule has 2 nitrogen and oxygen atoms in total. The van der Waals surface area contributed by atoms with Crippen LogP contribution < -0.4 is 5.73 Å². The Morgan fingerprint density at radius 3 is 2.46 bits per heavy atom. The summed E-state index contributed by atoms with van der Waals surface area (Å²) in [4.78, 5) is 0. The molecule has 0 aliphatic heterocycles. The zero-order chi connectivity index (χ0) is 9.68. The summed E-state index contributed by atoms with van der Waals surface area (Å²) in [5.74, 6) is 1.42. The summed E-state index contributed by atoms with van der Waals surface area (Å²) in [5.41, 5.74) is 5.53. The highest BCUT2D eigenvalue weighted by molar-refractivity contribution is 4.70. The molecule has 0 aromatic carbocycles. The molecule has 2 N–H and O–H groups in total. The van der Waals surface area contributed by atoms with E-state index in [1.54, 1.807) is 0 Å². The minimum absolute atomic E-state index is 0.513. The van der Waals surface area contributed by atoms with Gasteiger partial charge in [-0.3, -0.25) is 0 Å². The lowest BCUT2D eigenvalue weighted by molar-refractivity contribution is 0.00477. The van der Waals surface area contributed by atoms with Crippen molar-refractivity contribution in [1.29, 1.82) is 0 Å². The molecule has 1 aliphatic rings. The maximum atomic E-state index is 5.80.